The number of aliphatic carboxylic acids is 1. The van der Waals surface area contributed by atoms with Gasteiger partial charge in [-0.25, -0.2) is 9.37 Å². The SMILES string of the molecule is COc1ccc2ncc(F)c([C@@H](N)CC[C@H]3CCN(CCSc4nccs4)C[C@H]3C(=O)O)c2c1. The van der Waals surface area contributed by atoms with Crippen LogP contribution in [0.4, 0.5) is 4.39 Å². The Balaban J connectivity index is 1.38. The fourth-order valence-electron chi connectivity index (χ4n) is 4.65. The van der Waals surface area contributed by atoms with Gasteiger partial charge in [0.25, 0.3) is 0 Å². The monoisotopic (exact) mass is 504 g/mol. The van der Waals surface area contributed by atoms with Crippen molar-refractivity contribution in [1.29, 1.82) is 0 Å². The minimum atomic E-state index is -0.777. The Morgan fingerprint density at radius 2 is 2.29 bits per heavy atom. The van der Waals surface area contributed by atoms with Gasteiger partial charge < -0.3 is 20.5 Å². The highest BCUT2D eigenvalue weighted by Gasteiger charge is 2.34. The molecular weight excluding hydrogens is 475 g/mol. The lowest BCUT2D eigenvalue weighted by molar-refractivity contribution is -0.146. The fourth-order valence-corrected chi connectivity index (χ4v) is 6.36. The van der Waals surface area contributed by atoms with Crippen molar-refractivity contribution in [2.75, 3.05) is 32.5 Å². The number of thiazole rings is 1. The van der Waals surface area contributed by atoms with Crippen LogP contribution < -0.4 is 10.5 Å². The second-order valence-electron chi connectivity index (χ2n) is 8.53. The highest BCUT2D eigenvalue weighted by molar-refractivity contribution is 8.01. The van der Waals surface area contributed by atoms with Crippen LogP contribution in [0.5, 0.6) is 5.75 Å². The van der Waals surface area contributed by atoms with E-state index in [-0.39, 0.29) is 5.92 Å². The molecule has 10 heteroatoms. The highest BCUT2D eigenvalue weighted by Crippen LogP contribution is 2.34. The molecule has 0 aliphatic carbocycles. The van der Waals surface area contributed by atoms with Crippen LogP contribution in [-0.2, 0) is 4.79 Å². The summed E-state index contributed by atoms with van der Waals surface area (Å²) in [5, 5.41) is 12.5. The summed E-state index contributed by atoms with van der Waals surface area (Å²) in [6.45, 7) is 2.21. The van der Waals surface area contributed by atoms with Crippen molar-refractivity contribution in [2.45, 2.75) is 29.6 Å². The lowest BCUT2D eigenvalue weighted by Crippen LogP contribution is -2.44. The topological polar surface area (TPSA) is 102 Å². The van der Waals surface area contributed by atoms with E-state index < -0.39 is 23.7 Å². The highest BCUT2D eigenvalue weighted by atomic mass is 32.2. The number of likely N-dealkylation sites (tertiary alicyclic amines) is 1. The van der Waals surface area contributed by atoms with Crippen LogP contribution in [0, 0.1) is 17.7 Å². The van der Waals surface area contributed by atoms with Crippen LogP contribution in [0.25, 0.3) is 10.9 Å². The van der Waals surface area contributed by atoms with Crippen LogP contribution >= 0.6 is 23.1 Å². The number of benzene rings is 1. The Hall–Kier alpha value is -2.27. The Kier molecular flexibility index (Phi) is 8.36. The van der Waals surface area contributed by atoms with Crippen molar-refractivity contribution in [1.82, 2.24) is 14.9 Å². The molecule has 182 valence electrons. The lowest BCUT2D eigenvalue weighted by Gasteiger charge is -2.37. The first-order valence-electron chi connectivity index (χ1n) is 11.3. The number of hydrogen-bond acceptors (Lipinski definition) is 8. The van der Waals surface area contributed by atoms with Gasteiger partial charge in [-0.15, -0.1) is 11.3 Å². The van der Waals surface area contributed by atoms with Crippen molar-refractivity contribution in [2.24, 2.45) is 17.6 Å². The first-order valence-corrected chi connectivity index (χ1v) is 13.2. The first kappa shape index (κ1) is 24.8. The van der Waals surface area contributed by atoms with Gasteiger partial charge >= 0.3 is 5.97 Å². The molecule has 1 aliphatic rings. The fraction of sp³-hybridized carbons (Fsp3) is 0.458. The molecule has 7 nitrogen and oxygen atoms in total. The van der Waals surface area contributed by atoms with E-state index in [2.05, 4.69) is 14.9 Å². The van der Waals surface area contributed by atoms with Crippen molar-refractivity contribution in [3.8, 4) is 5.75 Å². The van der Waals surface area contributed by atoms with Crippen molar-refractivity contribution >= 4 is 40.0 Å². The summed E-state index contributed by atoms with van der Waals surface area (Å²) in [5.41, 5.74) is 7.52. The Morgan fingerprint density at radius 1 is 1.44 bits per heavy atom. The van der Waals surface area contributed by atoms with E-state index in [4.69, 9.17) is 10.5 Å². The van der Waals surface area contributed by atoms with E-state index in [1.165, 1.54) is 6.20 Å². The van der Waals surface area contributed by atoms with Gasteiger partial charge in [0.15, 0.2) is 0 Å². The van der Waals surface area contributed by atoms with E-state index in [1.54, 1.807) is 54.6 Å². The number of carboxylic acid groups (broad SMARTS) is 1. The van der Waals surface area contributed by atoms with Crippen molar-refractivity contribution in [3.63, 3.8) is 0 Å². The van der Waals surface area contributed by atoms with Crippen LogP contribution in [-0.4, -0.2) is 58.4 Å². The average Bonchev–Trinajstić information content (AvgIpc) is 3.36. The second kappa shape index (κ2) is 11.4. The third-order valence-corrected chi connectivity index (χ3v) is 8.43. The quantitative estimate of drug-likeness (QED) is 0.391. The summed E-state index contributed by atoms with van der Waals surface area (Å²) in [5.74, 6) is -0.175. The molecule has 3 atom stereocenters. The van der Waals surface area contributed by atoms with Crippen molar-refractivity contribution < 1.29 is 19.0 Å². The Bertz CT molecular complexity index is 1120. The molecular formula is C24H29FN4O3S2. The van der Waals surface area contributed by atoms with Crippen LogP contribution in [0.1, 0.15) is 30.9 Å². The summed E-state index contributed by atoms with van der Waals surface area (Å²) < 4.78 is 21.1. The van der Waals surface area contributed by atoms with Crippen LogP contribution in [0.3, 0.4) is 0 Å². The molecule has 3 heterocycles. The van der Waals surface area contributed by atoms with Crippen molar-refractivity contribution in [3.05, 3.63) is 47.4 Å². The number of carboxylic acids is 1. The molecule has 1 saturated heterocycles. The van der Waals surface area contributed by atoms with E-state index >= 15 is 0 Å². The zero-order chi connectivity index (χ0) is 24.1. The maximum Gasteiger partial charge on any atom is 0.308 e. The summed E-state index contributed by atoms with van der Waals surface area (Å²) in [6.07, 6.45) is 4.92. The molecule has 2 aromatic heterocycles. The molecule has 0 spiro atoms. The largest absolute Gasteiger partial charge is 0.497 e. The van der Waals surface area contributed by atoms with Gasteiger partial charge in [0.05, 0.1) is 24.7 Å². The second-order valence-corrected chi connectivity index (χ2v) is 10.8. The number of ether oxygens (including phenoxy) is 1. The molecule has 1 fully saturated rings. The number of nitrogens with zero attached hydrogens (tertiary/aromatic N) is 3. The van der Waals surface area contributed by atoms with E-state index in [1.807, 2.05) is 5.38 Å². The number of carbonyl (C=O) groups is 1. The normalized spacial score (nSPS) is 19.9. The average molecular weight is 505 g/mol. The van der Waals surface area contributed by atoms with E-state index in [0.29, 0.717) is 41.6 Å². The summed E-state index contributed by atoms with van der Waals surface area (Å²) in [6, 6.07) is 4.76. The molecule has 0 amide bonds. The lowest BCUT2D eigenvalue weighted by atomic mass is 9.81. The molecule has 0 saturated carbocycles. The maximum atomic E-state index is 14.8. The Labute approximate surface area is 206 Å². The van der Waals surface area contributed by atoms with Gasteiger partial charge in [0.2, 0.25) is 0 Å². The minimum absolute atomic E-state index is 0.0112. The standard InChI is InChI=1S/C24H29FN4O3S2/c1-32-16-3-5-21-17(12-16)22(19(25)13-28-21)20(26)4-2-15-6-8-29(14-18(15)23(30)31)9-11-34-24-27-7-10-33-24/h3,5,7,10,12-13,15,18,20H,2,4,6,8-9,11,14,26H2,1H3,(H,30,31)/t15-,18+,20-/m0/s1. The summed E-state index contributed by atoms with van der Waals surface area (Å²) in [4.78, 5) is 22.7. The molecule has 0 bridgehead atoms. The number of aromatic nitrogens is 2. The molecule has 4 rings (SSSR count). The molecule has 1 aromatic carbocycles. The van der Waals surface area contributed by atoms with Gasteiger partial charge in [-0.2, -0.15) is 0 Å². The van der Waals surface area contributed by atoms with Gasteiger partial charge in [-0.3, -0.25) is 9.78 Å². The zero-order valence-electron chi connectivity index (χ0n) is 19.0. The molecule has 0 radical (unpaired) electrons. The number of nitrogens with two attached hydrogens (primary N) is 1. The van der Waals surface area contributed by atoms with E-state index in [0.717, 1.165) is 29.6 Å². The third-order valence-electron chi connectivity index (χ3n) is 6.49. The molecule has 0 unspecified atom stereocenters. The summed E-state index contributed by atoms with van der Waals surface area (Å²) >= 11 is 3.32. The first-order chi connectivity index (χ1) is 16.5. The summed E-state index contributed by atoms with van der Waals surface area (Å²) in [7, 11) is 1.56. The van der Waals surface area contributed by atoms with E-state index in [9.17, 15) is 14.3 Å². The van der Waals surface area contributed by atoms with Crippen LogP contribution in [0.15, 0.2) is 40.3 Å². The van der Waals surface area contributed by atoms with Gasteiger partial charge in [0.1, 0.15) is 15.9 Å². The number of fused-ring (bicyclic) bond motifs is 1. The number of hydrogen-bond donors (Lipinski definition) is 2. The number of piperidine rings is 1. The maximum absolute atomic E-state index is 14.8. The van der Waals surface area contributed by atoms with Crippen LogP contribution in [0.2, 0.25) is 0 Å². The number of pyridine rings is 1. The van der Waals surface area contributed by atoms with Gasteiger partial charge in [-0.1, -0.05) is 11.8 Å². The Morgan fingerprint density at radius 3 is 3.03 bits per heavy atom. The predicted molar refractivity (Wildman–Crippen MR) is 133 cm³/mol. The number of halogens is 1. The van der Waals surface area contributed by atoms with Gasteiger partial charge in [-0.05, 0) is 49.9 Å². The number of methoxy groups -OCH3 is 1. The minimum Gasteiger partial charge on any atom is -0.497 e. The third kappa shape index (κ3) is 5.86. The predicted octanol–water partition coefficient (Wildman–Crippen LogP) is 4.43. The molecule has 1 aliphatic heterocycles. The number of rotatable bonds is 10. The number of thioether (sulfide) groups is 1. The molecule has 3 aromatic rings. The van der Waals surface area contributed by atoms with Gasteiger partial charge in [0, 0.05) is 47.4 Å². The molecule has 3 N–H and O–H groups in total. The zero-order valence-corrected chi connectivity index (χ0v) is 20.7. The molecule has 34 heavy (non-hydrogen) atoms. The smallest absolute Gasteiger partial charge is 0.308 e.